The predicted molar refractivity (Wildman–Crippen MR) is 109 cm³/mol. The van der Waals surface area contributed by atoms with E-state index in [1.54, 1.807) is 19.1 Å². The molecule has 0 radical (unpaired) electrons. The molecule has 0 bridgehead atoms. The number of carbonyl (C=O) groups is 1. The lowest BCUT2D eigenvalue weighted by atomic mass is 9.94. The molecule has 156 valence electrons. The van der Waals surface area contributed by atoms with Crippen molar-refractivity contribution in [3.8, 4) is 11.6 Å². The quantitative estimate of drug-likeness (QED) is 0.596. The van der Waals surface area contributed by atoms with Crippen LogP contribution in [0.25, 0.3) is 10.8 Å². The summed E-state index contributed by atoms with van der Waals surface area (Å²) in [6.45, 7) is 1.55. The Labute approximate surface area is 173 Å². The van der Waals surface area contributed by atoms with Crippen molar-refractivity contribution in [3.05, 3.63) is 59.5 Å². The van der Waals surface area contributed by atoms with Gasteiger partial charge in [-0.15, -0.1) is 0 Å². The smallest absolute Gasteiger partial charge is 0.307 e. The molecule has 1 fully saturated rings. The van der Waals surface area contributed by atoms with E-state index >= 15 is 0 Å². The van der Waals surface area contributed by atoms with Crippen molar-refractivity contribution in [1.82, 2.24) is 4.98 Å². The standard InChI is InChI=1S/C22H20FNO5S/c1-2-30(27,28)17-7-8-19(24-12-17)29-22-18-11-16(23)6-5-14(18)9-15(10-20(25)26)21(22)13-3-4-13/h5-9,11-13H,2-4,10H2,1H3,(H,25,26). The van der Waals surface area contributed by atoms with E-state index in [1.165, 1.54) is 30.5 Å². The zero-order chi connectivity index (χ0) is 21.5. The van der Waals surface area contributed by atoms with E-state index in [4.69, 9.17) is 4.74 Å². The van der Waals surface area contributed by atoms with Gasteiger partial charge in [0.15, 0.2) is 9.84 Å². The predicted octanol–water partition coefficient (Wildman–Crippen LogP) is 4.46. The van der Waals surface area contributed by atoms with E-state index in [-0.39, 0.29) is 28.9 Å². The van der Waals surface area contributed by atoms with Gasteiger partial charge in [-0.2, -0.15) is 0 Å². The van der Waals surface area contributed by atoms with Crippen molar-refractivity contribution in [2.24, 2.45) is 0 Å². The number of carboxylic acids is 1. The number of aliphatic carboxylic acids is 1. The molecule has 30 heavy (non-hydrogen) atoms. The lowest BCUT2D eigenvalue weighted by Crippen LogP contribution is -2.06. The van der Waals surface area contributed by atoms with Gasteiger partial charge in [0.1, 0.15) is 11.6 Å². The summed E-state index contributed by atoms with van der Waals surface area (Å²) in [6.07, 6.45) is 2.85. The van der Waals surface area contributed by atoms with Gasteiger partial charge in [-0.3, -0.25) is 4.79 Å². The maximum absolute atomic E-state index is 14.0. The van der Waals surface area contributed by atoms with E-state index in [2.05, 4.69) is 4.98 Å². The number of rotatable bonds is 7. The molecule has 1 heterocycles. The van der Waals surface area contributed by atoms with Crippen LogP contribution in [0.4, 0.5) is 4.39 Å². The molecule has 2 aromatic carbocycles. The SMILES string of the molecule is CCS(=O)(=O)c1ccc(Oc2c(C3CC3)c(CC(=O)O)cc3ccc(F)cc23)nc1. The average molecular weight is 429 g/mol. The minimum atomic E-state index is -3.39. The van der Waals surface area contributed by atoms with E-state index in [0.717, 1.165) is 18.4 Å². The summed E-state index contributed by atoms with van der Waals surface area (Å²) >= 11 is 0. The Morgan fingerprint density at radius 2 is 2.00 bits per heavy atom. The third-order valence-electron chi connectivity index (χ3n) is 5.16. The molecule has 1 aliphatic rings. The Hall–Kier alpha value is -3.00. The molecule has 1 aliphatic carbocycles. The molecule has 3 aromatic rings. The molecule has 1 N–H and O–H groups in total. The van der Waals surface area contributed by atoms with Crippen LogP contribution in [0.5, 0.6) is 11.6 Å². The van der Waals surface area contributed by atoms with Crippen LogP contribution in [0.15, 0.2) is 47.5 Å². The number of benzene rings is 2. The Morgan fingerprint density at radius 3 is 2.60 bits per heavy atom. The third-order valence-corrected chi connectivity index (χ3v) is 6.88. The summed E-state index contributed by atoms with van der Waals surface area (Å²) in [6, 6.07) is 8.90. The van der Waals surface area contributed by atoms with Crippen LogP contribution >= 0.6 is 0 Å². The summed E-state index contributed by atoms with van der Waals surface area (Å²) in [5.41, 5.74) is 1.38. The number of halogens is 1. The molecule has 0 aliphatic heterocycles. The zero-order valence-corrected chi connectivity index (χ0v) is 17.1. The fourth-order valence-electron chi connectivity index (χ4n) is 3.53. The van der Waals surface area contributed by atoms with Crippen molar-refractivity contribution < 1.29 is 27.4 Å². The van der Waals surface area contributed by atoms with Crippen LogP contribution in [0.2, 0.25) is 0 Å². The lowest BCUT2D eigenvalue weighted by Gasteiger charge is -2.17. The monoisotopic (exact) mass is 429 g/mol. The molecule has 4 rings (SSSR count). The van der Waals surface area contributed by atoms with Gasteiger partial charge in [-0.25, -0.2) is 17.8 Å². The fraction of sp³-hybridized carbons (Fsp3) is 0.273. The van der Waals surface area contributed by atoms with E-state index in [9.17, 15) is 22.7 Å². The lowest BCUT2D eigenvalue weighted by molar-refractivity contribution is -0.136. The topological polar surface area (TPSA) is 93.6 Å². The third kappa shape index (κ3) is 4.00. The number of carboxylic acid groups (broad SMARTS) is 1. The highest BCUT2D eigenvalue weighted by Crippen LogP contribution is 2.49. The summed E-state index contributed by atoms with van der Waals surface area (Å²) in [5.74, 6) is -0.757. The number of hydrogen-bond donors (Lipinski definition) is 1. The van der Waals surface area contributed by atoms with Gasteiger partial charge in [0.25, 0.3) is 0 Å². The second kappa shape index (κ2) is 7.68. The van der Waals surface area contributed by atoms with Crippen LogP contribution in [-0.2, 0) is 21.1 Å². The summed E-state index contributed by atoms with van der Waals surface area (Å²) < 4.78 is 44.1. The molecular formula is C22H20FNO5S. The molecule has 1 saturated carbocycles. The first-order valence-electron chi connectivity index (χ1n) is 9.62. The Balaban J connectivity index is 1.85. The molecular weight excluding hydrogens is 409 g/mol. The normalized spacial score (nSPS) is 14.1. The number of aromatic nitrogens is 1. The summed E-state index contributed by atoms with van der Waals surface area (Å²) in [4.78, 5) is 15.6. The molecule has 0 amide bonds. The molecule has 0 unspecified atom stereocenters. The maximum Gasteiger partial charge on any atom is 0.307 e. The van der Waals surface area contributed by atoms with Crippen LogP contribution < -0.4 is 4.74 Å². The van der Waals surface area contributed by atoms with Gasteiger partial charge >= 0.3 is 5.97 Å². The molecule has 0 spiro atoms. The molecule has 8 heteroatoms. The highest BCUT2D eigenvalue weighted by molar-refractivity contribution is 7.91. The van der Waals surface area contributed by atoms with Crippen LogP contribution in [-0.4, -0.2) is 30.2 Å². The molecule has 6 nitrogen and oxygen atoms in total. The number of hydrogen-bond acceptors (Lipinski definition) is 5. The van der Waals surface area contributed by atoms with E-state index in [1.807, 2.05) is 0 Å². The Morgan fingerprint density at radius 1 is 1.23 bits per heavy atom. The van der Waals surface area contributed by atoms with Gasteiger partial charge in [-0.1, -0.05) is 19.1 Å². The van der Waals surface area contributed by atoms with E-state index < -0.39 is 21.6 Å². The van der Waals surface area contributed by atoms with Gasteiger partial charge in [-0.05, 0) is 47.9 Å². The van der Waals surface area contributed by atoms with Crippen molar-refractivity contribution >= 4 is 26.6 Å². The van der Waals surface area contributed by atoms with Gasteiger partial charge in [0.2, 0.25) is 5.88 Å². The number of nitrogens with zero attached hydrogens (tertiary/aromatic N) is 1. The second-order valence-electron chi connectivity index (χ2n) is 7.33. The minimum absolute atomic E-state index is 0.0398. The van der Waals surface area contributed by atoms with Gasteiger partial charge in [0.05, 0.1) is 17.1 Å². The fourth-order valence-corrected chi connectivity index (χ4v) is 4.35. The highest BCUT2D eigenvalue weighted by atomic mass is 32.2. The largest absolute Gasteiger partial charge is 0.481 e. The number of ether oxygens (including phenoxy) is 1. The van der Waals surface area contributed by atoms with Crippen molar-refractivity contribution in [3.63, 3.8) is 0 Å². The number of pyridine rings is 1. The summed E-state index contributed by atoms with van der Waals surface area (Å²) in [7, 11) is -3.39. The van der Waals surface area contributed by atoms with Gasteiger partial charge < -0.3 is 9.84 Å². The van der Waals surface area contributed by atoms with Crippen LogP contribution in [0.3, 0.4) is 0 Å². The molecule has 0 saturated heterocycles. The average Bonchev–Trinajstić information content (AvgIpc) is 3.53. The van der Waals surface area contributed by atoms with Crippen LogP contribution in [0.1, 0.15) is 36.8 Å². The molecule has 1 aromatic heterocycles. The number of fused-ring (bicyclic) bond motifs is 1. The van der Waals surface area contributed by atoms with Crippen molar-refractivity contribution in [2.45, 2.75) is 37.0 Å². The van der Waals surface area contributed by atoms with Crippen LogP contribution in [0, 0.1) is 5.82 Å². The first kappa shape index (κ1) is 20.3. The first-order chi connectivity index (χ1) is 14.3. The van der Waals surface area contributed by atoms with Crippen molar-refractivity contribution in [1.29, 1.82) is 0 Å². The minimum Gasteiger partial charge on any atom is -0.481 e. The Kier molecular flexibility index (Phi) is 5.19. The number of sulfone groups is 1. The Bertz CT molecular complexity index is 1230. The second-order valence-corrected chi connectivity index (χ2v) is 9.60. The zero-order valence-electron chi connectivity index (χ0n) is 16.3. The van der Waals surface area contributed by atoms with E-state index in [0.29, 0.717) is 22.1 Å². The summed E-state index contributed by atoms with van der Waals surface area (Å²) in [5, 5.41) is 10.5. The first-order valence-corrected chi connectivity index (χ1v) is 11.3. The highest BCUT2D eigenvalue weighted by Gasteiger charge is 2.32. The van der Waals surface area contributed by atoms with Crippen molar-refractivity contribution in [2.75, 3.05) is 5.75 Å². The molecule has 0 atom stereocenters. The van der Waals surface area contributed by atoms with Gasteiger partial charge in [0, 0.05) is 23.2 Å². The maximum atomic E-state index is 14.0.